The number of carbonyl (C=O) groups is 1. The van der Waals surface area contributed by atoms with Crippen molar-refractivity contribution in [3.8, 4) is 0 Å². The Morgan fingerprint density at radius 3 is 2.90 bits per heavy atom. The predicted octanol–water partition coefficient (Wildman–Crippen LogP) is 1.17. The number of rotatable bonds is 4. The number of nitrogens with zero attached hydrogens (tertiary/aromatic N) is 2. The van der Waals surface area contributed by atoms with Crippen molar-refractivity contribution in [3.63, 3.8) is 0 Å². The van der Waals surface area contributed by atoms with E-state index in [2.05, 4.69) is 22.7 Å². The van der Waals surface area contributed by atoms with Crippen LogP contribution < -0.4 is 10.6 Å². The molecule has 0 unspecified atom stereocenters. The molecule has 2 aliphatic rings. The van der Waals surface area contributed by atoms with Gasteiger partial charge in [-0.2, -0.15) is 5.10 Å². The van der Waals surface area contributed by atoms with Crippen molar-refractivity contribution in [1.29, 1.82) is 0 Å². The lowest BCUT2D eigenvalue weighted by molar-refractivity contribution is -0.128. The zero-order chi connectivity index (χ0) is 14.2. The Balaban J connectivity index is 1.70. The van der Waals surface area contributed by atoms with Crippen LogP contribution >= 0.6 is 0 Å². The number of hydrogen-bond donors (Lipinski definition) is 2. The topological polar surface area (TPSA) is 59.0 Å². The summed E-state index contributed by atoms with van der Waals surface area (Å²) in [6.45, 7) is 3.80. The molecule has 110 valence electrons. The Bertz CT molecular complexity index is 486. The fourth-order valence-corrected chi connectivity index (χ4v) is 3.46. The first-order valence-electron chi connectivity index (χ1n) is 7.65. The minimum absolute atomic E-state index is 0.0308. The third-order valence-corrected chi connectivity index (χ3v) is 5.08. The second-order valence-corrected chi connectivity index (χ2v) is 6.30. The molecule has 3 rings (SSSR count). The fraction of sp³-hybridized carbons (Fsp3) is 0.733. The average molecular weight is 276 g/mol. The van der Waals surface area contributed by atoms with Crippen LogP contribution in [0.4, 0.5) is 0 Å². The van der Waals surface area contributed by atoms with Crippen molar-refractivity contribution in [3.05, 3.63) is 18.0 Å². The Morgan fingerprint density at radius 2 is 2.35 bits per heavy atom. The maximum Gasteiger partial charge on any atom is 0.225 e. The van der Waals surface area contributed by atoms with Gasteiger partial charge in [0.1, 0.15) is 0 Å². The molecule has 1 amide bonds. The first-order valence-corrected chi connectivity index (χ1v) is 7.65. The van der Waals surface area contributed by atoms with E-state index in [1.54, 1.807) is 0 Å². The molecule has 5 heteroatoms. The van der Waals surface area contributed by atoms with Gasteiger partial charge in [-0.3, -0.25) is 9.48 Å². The van der Waals surface area contributed by atoms with E-state index in [4.69, 9.17) is 0 Å². The van der Waals surface area contributed by atoms with Crippen LogP contribution in [0.25, 0.3) is 0 Å². The number of aromatic nitrogens is 2. The summed E-state index contributed by atoms with van der Waals surface area (Å²) in [5.41, 5.74) is 1.25. The second kappa shape index (κ2) is 5.20. The Kier molecular flexibility index (Phi) is 3.54. The van der Waals surface area contributed by atoms with Crippen LogP contribution in [-0.4, -0.2) is 34.3 Å². The lowest BCUT2D eigenvalue weighted by atomic mass is 9.74. The highest BCUT2D eigenvalue weighted by atomic mass is 16.2. The van der Waals surface area contributed by atoms with Crippen molar-refractivity contribution in [1.82, 2.24) is 20.4 Å². The van der Waals surface area contributed by atoms with Gasteiger partial charge in [0, 0.05) is 37.8 Å². The van der Waals surface area contributed by atoms with E-state index in [0.717, 1.165) is 37.9 Å². The van der Waals surface area contributed by atoms with E-state index >= 15 is 0 Å². The smallest absolute Gasteiger partial charge is 0.225 e. The van der Waals surface area contributed by atoms with Gasteiger partial charge in [0.05, 0.1) is 12.1 Å². The van der Waals surface area contributed by atoms with Gasteiger partial charge in [0.15, 0.2) is 0 Å². The molecule has 1 aliphatic carbocycles. The number of carbonyl (C=O) groups excluding carboxylic acids is 1. The van der Waals surface area contributed by atoms with Crippen LogP contribution in [0.3, 0.4) is 0 Å². The standard InChI is InChI=1S/C15H24N4O/c1-3-15(5-4-6-15)18-14(20)13-9-16-8-12(13)11-7-17-19(2)10-11/h7,10,12-13,16H,3-6,8-9H2,1-2H3,(H,18,20)/t12-,13+/m1/s1. The fourth-order valence-electron chi connectivity index (χ4n) is 3.46. The third-order valence-electron chi connectivity index (χ3n) is 5.08. The second-order valence-electron chi connectivity index (χ2n) is 6.30. The molecule has 1 saturated carbocycles. The first kappa shape index (κ1) is 13.6. The molecule has 2 atom stereocenters. The van der Waals surface area contributed by atoms with E-state index in [1.807, 2.05) is 24.1 Å². The van der Waals surface area contributed by atoms with E-state index in [-0.39, 0.29) is 23.3 Å². The number of nitrogens with one attached hydrogen (secondary N) is 2. The summed E-state index contributed by atoms with van der Waals surface area (Å²) in [4.78, 5) is 12.6. The Labute approximate surface area is 120 Å². The summed E-state index contributed by atoms with van der Waals surface area (Å²) >= 11 is 0. The summed E-state index contributed by atoms with van der Waals surface area (Å²) in [7, 11) is 1.92. The normalized spacial score (nSPS) is 28.1. The summed E-state index contributed by atoms with van der Waals surface area (Å²) < 4.78 is 1.81. The quantitative estimate of drug-likeness (QED) is 0.868. The van der Waals surface area contributed by atoms with E-state index < -0.39 is 0 Å². The Hall–Kier alpha value is -1.36. The highest BCUT2D eigenvalue weighted by Crippen LogP contribution is 2.36. The maximum atomic E-state index is 12.6. The minimum atomic E-state index is 0.0308. The van der Waals surface area contributed by atoms with E-state index in [0.29, 0.717) is 0 Å². The molecule has 2 heterocycles. The largest absolute Gasteiger partial charge is 0.350 e. The van der Waals surface area contributed by atoms with Crippen molar-refractivity contribution in [2.45, 2.75) is 44.1 Å². The molecule has 1 aromatic heterocycles. The minimum Gasteiger partial charge on any atom is -0.350 e. The van der Waals surface area contributed by atoms with Gasteiger partial charge >= 0.3 is 0 Å². The summed E-state index contributed by atoms with van der Waals surface area (Å²) in [5, 5.41) is 10.9. The van der Waals surface area contributed by atoms with Gasteiger partial charge in [0.2, 0.25) is 5.91 Å². The predicted molar refractivity (Wildman–Crippen MR) is 77.3 cm³/mol. The van der Waals surface area contributed by atoms with Crippen molar-refractivity contribution >= 4 is 5.91 Å². The van der Waals surface area contributed by atoms with Gasteiger partial charge in [0.25, 0.3) is 0 Å². The summed E-state index contributed by atoms with van der Waals surface area (Å²) in [5.74, 6) is 0.492. The number of hydrogen-bond acceptors (Lipinski definition) is 3. The maximum absolute atomic E-state index is 12.6. The monoisotopic (exact) mass is 276 g/mol. The molecular formula is C15H24N4O. The average Bonchev–Trinajstić information content (AvgIpc) is 3.01. The Morgan fingerprint density at radius 1 is 1.55 bits per heavy atom. The van der Waals surface area contributed by atoms with Crippen LogP contribution in [0.2, 0.25) is 0 Å². The zero-order valence-electron chi connectivity index (χ0n) is 12.4. The van der Waals surface area contributed by atoms with Crippen LogP contribution in [0.1, 0.15) is 44.1 Å². The van der Waals surface area contributed by atoms with Gasteiger partial charge in [-0.05, 0) is 31.2 Å². The molecule has 0 aromatic carbocycles. The van der Waals surface area contributed by atoms with Crippen LogP contribution in [0.5, 0.6) is 0 Å². The van der Waals surface area contributed by atoms with E-state index in [1.165, 1.54) is 6.42 Å². The lowest BCUT2D eigenvalue weighted by Gasteiger charge is -2.42. The van der Waals surface area contributed by atoms with Crippen LogP contribution in [-0.2, 0) is 11.8 Å². The summed E-state index contributed by atoms with van der Waals surface area (Å²) in [6, 6.07) is 0. The molecular weight excluding hydrogens is 252 g/mol. The van der Waals surface area contributed by atoms with Crippen LogP contribution in [0, 0.1) is 5.92 Å². The van der Waals surface area contributed by atoms with Crippen molar-refractivity contribution in [2.24, 2.45) is 13.0 Å². The molecule has 0 spiro atoms. The van der Waals surface area contributed by atoms with Gasteiger partial charge < -0.3 is 10.6 Å². The molecule has 5 nitrogen and oxygen atoms in total. The third kappa shape index (κ3) is 2.35. The van der Waals surface area contributed by atoms with E-state index in [9.17, 15) is 4.79 Å². The first-order chi connectivity index (χ1) is 9.63. The van der Waals surface area contributed by atoms with Gasteiger partial charge in [-0.25, -0.2) is 0 Å². The molecule has 1 aliphatic heterocycles. The lowest BCUT2D eigenvalue weighted by Crippen LogP contribution is -2.55. The van der Waals surface area contributed by atoms with Crippen molar-refractivity contribution < 1.29 is 4.79 Å². The molecule has 2 N–H and O–H groups in total. The summed E-state index contributed by atoms with van der Waals surface area (Å²) in [6.07, 6.45) is 8.45. The molecule has 2 fully saturated rings. The molecule has 1 saturated heterocycles. The highest BCUT2D eigenvalue weighted by molar-refractivity contribution is 5.81. The zero-order valence-corrected chi connectivity index (χ0v) is 12.4. The molecule has 1 aromatic rings. The van der Waals surface area contributed by atoms with Crippen LogP contribution in [0.15, 0.2) is 12.4 Å². The highest BCUT2D eigenvalue weighted by Gasteiger charge is 2.41. The number of amides is 1. The SMILES string of the molecule is CCC1(NC(=O)[C@H]2CNC[C@@H]2c2cnn(C)c2)CCC1. The van der Waals surface area contributed by atoms with Gasteiger partial charge in [-0.15, -0.1) is 0 Å². The molecule has 0 radical (unpaired) electrons. The van der Waals surface area contributed by atoms with Crippen molar-refractivity contribution in [2.75, 3.05) is 13.1 Å². The molecule has 20 heavy (non-hydrogen) atoms. The molecule has 0 bridgehead atoms. The van der Waals surface area contributed by atoms with Gasteiger partial charge in [-0.1, -0.05) is 6.92 Å². The number of aryl methyl sites for hydroxylation is 1.